The largest absolute Gasteiger partial charge is 0.493 e. The fraction of sp³-hybridized carbons (Fsp3) is 0.455. The molecule has 0 heterocycles. The van der Waals surface area contributed by atoms with E-state index >= 15 is 0 Å². The Hall–Kier alpha value is -2.26. The van der Waals surface area contributed by atoms with Gasteiger partial charge in [-0.25, -0.2) is 0 Å². The average Bonchev–Trinajstić information content (AvgIpc) is 2.69. The third-order valence-electron chi connectivity index (χ3n) is 4.84. The molecule has 0 radical (unpaired) electrons. The molecule has 0 spiro atoms. The molecule has 2 aromatic carbocycles. The van der Waals surface area contributed by atoms with E-state index in [0.29, 0.717) is 30.4 Å². The summed E-state index contributed by atoms with van der Waals surface area (Å²) < 4.78 is 83.4. The molecule has 0 aliphatic carbocycles. The van der Waals surface area contributed by atoms with Crippen molar-refractivity contribution >= 4 is 0 Å². The van der Waals surface area contributed by atoms with Gasteiger partial charge in [0.2, 0.25) is 0 Å². The van der Waals surface area contributed by atoms with Crippen LogP contribution in [0.4, 0.5) is 26.3 Å². The molecule has 31 heavy (non-hydrogen) atoms. The maximum atomic E-state index is 13.4. The monoisotopic (exact) mass is 449 g/mol. The summed E-state index contributed by atoms with van der Waals surface area (Å²) in [6.07, 6.45) is -7.73. The molecule has 3 nitrogen and oxygen atoms in total. The van der Waals surface area contributed by atoms with E-state index in [-0.39, 0.29) is 25.4 Å². The first-order chi connectivity index (χ1) is 14.3. The highest BCUT2D eigenvalue weighted by Gasteiger charge is 2.35. The van der Waals surface area contributed by atoms with Crippen LogP contribution in [0.5, 0.6) is 5.75 Å². The molecule has 0 saturated carbocycles. The number of benzene rings is 2. The maximum absolute atomic E-state index is 13.4. The van der Waals surface area contributed by atoms with Gasteiger partial charge in [0, 0.05) is 5.54 Å². The summed E-state index contributed by atoms with van der Waals surface area (Å²) in [4.78, 5) is 0. The van der Waals surface area contributed by atoms with E-state index < -0.39 is 29.0 Å². The molecule has 0 bridgehead atoms. The van der Waals surface area contributed by atoms with Gasteiger partial charge in [0.25, 0.3) is 0 Å². The average molecular weight is 449 g/mol. The minimum atomic E-state index is -4.61. The second-order valence-corrected chi connectivity index (χ2v) is 7.79. The number of hydrogen-bond donors (Lipinski definition) is 2. The van der Waals surface area contributed by atoms with E-state index in [1.807, 2.05) is 0 Å². The number of aliphatic hydroxyl groups is 1. The fourth-order valence-corrected chi connectivity index (χ4v) is 2.91. The Morgan fingerprint density at radius 3 is 2.03 bits per heavy atom. The first-order valence-electron chi connectivity index (χ1n) is 9.71. The number of rotatable bonds is 9. The van der Waals surface area contributed by atoms with Crippen LogP contribution in [0.2, 0.25) is 0 Å². The van der Waals surface area contributed by atoms with Crippen molar-refractivity contribution < 1.29 is 36.2 Å². The molecule has 9 heteroatoms. The maximum Gasteiger partial charge on any atom is 0.419 e. The first kappa shape index (κ1) is 25.0. The van der Waals surface area contributed by atoms with Crippen LogP contribution < -0.4 is 10.5 Å². The SMILES string of the molecule is C[C@@](N)(CO)CCc1ccc(OCCCc2ccc(C(F)(F)F)cc2)c(C(F)(F)F)c1. The van der Waals surface area contributed by atoms with E-state index in [2.05, 4.69) is 0 Å². The number of alkyl halides is 6. The van der Waals surface area contributed by atoms with E-state index in [1.54, 1.807) is 6.92 Å². The number of aryl methyl sites for hydroxylation is 2. The van der Waals surface area contributed by atoms with Gasteiger partial charge in [-0.1, -0.05) is 18.2 Å². The van der Waals surface area contributed by atoms with Gasteiger partial charge in [0.1, 0.15) is 5.75 Å². The van der Waals surface area contributed by atoms with Gasteiger partial charge in [-0.15, -0.1) is 0 Å². The molecule has 3 N–H and O–H groups in total. The lowest BCUT2D eigenvalue weighted by Gasteiger charge is -2.22. The lowest BCUT2D eigenvalue weighted by atomic mass is 9.94. The first-order valence-corrected chi connectivity index (χ1v) is 9.71. The minimum absolute atomic E-state index is 0.0190. The molecule has 0 aliphatic heterocycles. The quantitative estimate of drug-likeness (QED) is 0.399. The molecule has 0 amide bonds. The molecule has 0 fully saturated rings. The molecule has 1 atom stereocenters. The lowest BCUT2D eigenvalue weighted by Crippen LogP contribution is -2.40. The highest BCUT2D eigenvalue weighted by Crippen LogP contribution is 2.37. The van der Waals surface area contributed by atoms with E-state index in [0.717, 1.165) is 18.2 Å². The van der Waals surface area contributed by atoms with E-state index in [4.69, 9.17) is 10.5 Å². The molecule has 172 valence electrons. The van der Waals surface area contributed by atoms with Gasteiger partial charge in [-0.05, 0) is 68.0 Å². The molecule has 0 aromatic heterocycles. The van der Waals surface area contributed by atoms with Gasteiger partial charge in [-0.2, -0.15) is 26.3 Å². The smallest absolute Gasteiger partial charge is 0.419 e. The Balaban J connectivity index is 1.97. The van der Waals surface area contributed by atoms with Crippen LogP contribution >= 0.6 is 0 Å². The number of ether oxygens (including phenoxy) is 1. The Morgan fingerprint density at radius 2 is 1.48 bits per heavy atom. The lowest BCUT2D eigenvalue weighted by molar-refractivity contribution is -0.139. The number of aliphatic hydroxyl groups excluding tert-OH is 1. The molecular formula is C22H25F6NO2. The molecule has 2 rings (SSSR count). The second-order valence-electron chi connectivity index (χ2n) is 7.79. The van der Waals surface area contributed by atoms with Gasteiger partial charge >= 0.3 is 12.4 Å². The fourth-order valence-electron chi connectivity index (χ4n) is 2.91. The summed E-state index contributed by atoms with van der Waals surface area (Å²) in [5.41, 5.74) is 4.35. The van der Waals surface area contributed by atoms with Crippen LogP contribution in [0.25, 0.3) is 0 Å². The summed E-state index contributed by atoms with van der Waals surface area (Å²) >= 11 is 0. The van der Waals surface area contributed by atoms with E-state index in [1.165, 1.54) is 24.3 Å². The standard InChI is InChI=1S/C22H25F6NO2/c1-20(29,14-30)11-10-16-6-9-19(18(13-16)22(26,27)28)31-12-2-3-15-4-7-17(8-5-15)21(23,24)25/h4-9,13,30H,2-3,10-12,14,29H2,1H3/t20-/m0/s1. The van der Waals surface area contributed by atoms with Crippen molar-refractivity contribution in [2.24, 2.45) is 5.73 Å². The van der Waals surface area contributed by atoms with Crippen molar-refractivity contribution in [2.75, 3.05) is 13.2 Å². The van der Waals surface area contributed by atoms with E-state index in [9.17, 15) is 31.4 Å². The van der Waals surface area contributed by atoms with Crippen molar-refractivity contribution in [2.45, 2.75) is 50.5 Å². The van der Waals surface area contributed by atoms with Crippen LogP contribution in [0.3, 0.4) is 0 Å². The topological polar surface area (TPSA) is 55.5 Å². The molecule has 0 aliphatic rings. The van der Waals surface area contributed by atoms with Gasteiger partial charge in [0.15, 0.2) is 0 Å². The molecule has 2 aromatic rings. The summed E-state index contributed by atoms with van der Waals surface area (Å²) in [5, 5.41) is 9.18. The predicted molar refractivity (Wildman–Crippen MR) is 105 cm³/mol. The zero-order valence-electron chi connectivity index (χ0n) is 17.0. The Bertz CT molecular complexity index is 845. The van der Waals surface area contributed by atoms with Crippen molar-refractivity contribution in [3.8, 4) is 5.75 Å². The summed E-state index contributed by atoms with van der Waals surface area (Å²) in [7, 11) is 0. The zero-order valence-corrected chi connectivity index (χ0v) is 17.0. The Labute approximate surface area is 176 Å². The van der Waals surface area contributed by atoms with Crippen LogP contribution in [0.15, 0.2) is 42.5 Å². The predicted octanol–water partition coefficient (Wildman–Crippen LogP) is 5.38. The van der Waals surface area contributed by atoms with Crippen LogP contribution in [0.1, 0.15) is 42.0 Å². The second kappa shape index (κ2) is 9.91. The molecule has 0 saturated heterocycles. The number of nitrogens with two attached hydrogens (primary N) is 1. The van der Waals surface area contributed by atoms with Crippen molar-refractivity contribution in [3.63, 3.8) is 0 Å². The molecule has 0 unspecified atom stereocenters. The van der Waals surface area contributed by atoms with Crippen molar-refractivity contribution in [1.29, 1.82) is 0 Å². The van der Waals surface area contributed by atoms with Gasteiger partial charge in [0.05, 0.1) is 24.3 Å². The third-order valence-corrected chi connectivity index (χ3v) is 4.84. The Kier molecular flexibility index (Phi) is 7.99. The molecular weight excluding hydrogens is 424 g/mol. The summed E-state index contributed by atoms with van der Waals surface area (Å²) in [5.74, 6) is -0.304. The minimum Gasteiger partial charge on any atom is -0.493 e. The summed E-state index contributed by atoms with van der Waals surface area (Å²) in [6, 6.07) is 8.42. The van der Waals surface area contributed by atoms with Crippen LogP contribution in [0, 0.1) is 0 Å². The van der Waals surface area contributed by atoms with Gasteiger partial charge in [-0.3, -0.25) is 0 Å². The zero-order chi connectivity index (χ0) is 23.3. The third kappa shape index (κ3) is 7.74. The number of halogens is 6. The number of hydrogen-bond acceptors (Lipinski definition) is 3. The highest BCUT2D eigenvalue weighted by atomic mass is 19.4. The van der Waals surface area contributed by atoms with Crippen molar-refractivity contribution in [1.82, 2.24) is 0 Å². The Morgan fingerprint density at radius 1 is 0.871 bits per heavy atom. The van der Waals surface area contributed by atoms with Crippen LogP contribution in [-0.4, -0.2) is 23.9 Å². The van der Waals surface area contributed by atoms with Crippen LogP contribution in [-0.2, 0) is 25.2 Å². The highest BCUT2D eigenvalue weighted by molar-refractivity contribution is 5.39. The normalized spacial score (nSPS) is 14.4. The van der Waals surface area contributed by atoms with Crippen molar-refractivity contribution in [3.05, 3.63) is 64.7 Å². The summed E-state index contributed by atoms with van der Waals surface area (Å²) in [6.45, 7) is 1.32. The van der Waals surface area contributed by atoms with Gasteiger partial charge < -0.3 is 15.6 Å².